The second kappa shape index (κ2) is 8.40. The lowest BCUT2D eigenvalue weighted by atomic mass is 9.95. The fraction of sp³-hybridized carbons (Fsp3) is 0.240. The zero-order chi connectivity index (χ0) is 27.4. The Bertz CT molecular complexity index is 1600. The molecule has 1 saturated carbocycles. The molecule has 0 unspecified atom stereocenters. The molecule has 1 N–H and O–H groups in total. The van der Waals surface area contributed by atoms with E-state index in [0.29, 0.717) is 48.9 Å². The number of fused-ring (bicyclic) bond motifs is 1. The van der Waals surface area contributed by atoms with E-state index in [1.165, 1.54) is 24.4 Å². The van der Waals surface area contributed by atoms with Gasteiger partial charge >= 0.3 is 10.2 Å². The highest BCUT2D eigenvalue weighted by Crippen LogP contribution is 3.02. The van der Waals surface area contributed by atoms with Gasteiger partial charge in [0.05, 0.1) is 10.1 Å². The average molecular weight is 576 g/mol. The van der Waals surface area contributed by atoms with E-state index in [1.54, 1.807) is 28.9 Å². The predicted molar refractivity (Wildman–Crippen MR) is 135 cm³/mol. The van der Waals surface area contributed by atoms with Crippen LogP contribution in [0.15, 0.2) is 83.0 Å². The normalized spacial score (nSPS) is 20.6. The molecule has 0 spiro atoms. The van der Waals surface area contributed by atoms with Crippen LogP contribution >= 0.6 is 10.2 Å². The van der Waals surface area contributed by atoms with Crippen molar-refractivity contribution in [2.24, 2.45) is 0 Å². The molecule has 13 heteroatoms. The Hall–Kier alpha value is -3.19. The largest absolute Gasteiger partial charge is 0.382 e. The highest BCUT2D eigenvalue weighted by molar-refractivity contribution is 8.45. The van der Waals surface area contributed by atoms with E-state index in [0.717, 1.165) is 12.1 Å². The van der Waals surface area contributed by atoms with Gasteiger partial charge in [-0.1, -0.05) is 31.6 Å². The number of halogens is 6. The van der Waals surface area contributed by atoms with E-state index in [4.69, 9.17) is 0 Å². The fourth-order valence-corrected chi connectivity index (χ4v) is 7.18. The van der Waals surface area contributed by atoms with Crippen LogP contribution in [0.25, 0.3) is 16.8 Å². The highest BCUT2D eigenvalue weighted by Gasteiger charge is 2.65. The molecule has 1 aliphatic carbocycles. The number of nitrogens with one attached hydrogen (secondary N) is 1. The number of rotatable bonds is 6. The molecule has 0 atom stereocenters. The first-order valence-corrected chi connectivity index (χ1v) is 15.2. The first-order valence-electron chi connectivity index (χ1n) is 11.7. The number of benzene rings is 2. The molecule has 5 nitrogen and oxygen atoms in total. The summed E-state index contributed by atoms with van der Waals surface area (Å²) in [6.07, 6.45) is 6.33. The second-order valence-corrected chi connectivity index (χ2v) is 14.1. The molecule has 2 aromatic carbocycles. The van der Waals surface area contributed by atoms with E-state index < -0.39 is 36.0 Å². The monoisotopic (exact) mass is 575 g/mol. The Kier molecular flexibility index (Phi) is 5.84. The summed E-state index contributed by atoms with van der Waals surface area (Å²) >= 11 is 0. The molecule has 0 radical (unpaired) electrons. The number of imidazole rings is 1. The molecule has 5 rings (SSSR count). The first kappa shape index (κ1) is 26.4. The summed E-state index contributed by atoms with van der Waals surface area (Å²) in [6.45, 7) is 0. The SMILES string of the molecule is O=S(=O)(c1ccc(-c2cc(F)c3nccn3c2)cc1)C1CCC(Nc2ccc(S(F)(F)(F)(F)F)cc2)CC1. The van der Waals surface area contributed by atoms with Gasteiger partial charge in [-0.25, -0.2) is 17.8 Å². The smallest absolute Gasteiger partial charge is 0.310 e. The van der Waals surface area contributed by atoms with Gasteiger partial charge in [0, 0.05) is 35.9 Å². The number of hydrogen-bond donors (Lipinski definition) is 1. The summed E-state index contributed by atoms with van der Waals surface area (Å²) < 4.78 is 107. The second-order valence-electron chi connectivity index (χ2n) is 9.42. The molecular formula is C25H23F6N3O2S2. The summed E-state index contributed by atoms with van der Waals surface area (Å²) in [7, 11) is -13.4. The summed E-state index contributed by atoms with van der Waals surface area (Å²) in [5.74, 6) is -0.495. The number of aromatic nitrogens is 2. The van der Waals surface area contributed by atoms with Gasteiger partial charge in [-0.05, 0) is 73.7 Å². The minimum absolute atomic E-state index is 0.147. The molecule has 2 aromatic heterocycles. The van der Waals surface area contributed by atoms with Gasteiger partial charge in [0.15, 0.2) is 21.3 Å². The van der Waals surface area contributed by atoms with Gasteiger partial charge in [0.1, 0.15) is 4.90 Å². The lowest BCUT2D eigenvalue weighted by Gasteiger charge is -2.40. The van der Waals surface area contributed by atoms with Crippen molar-refractivity contribution >= 4 is 31.4 Å². The van der Waals surface area contributed by atoms with Gasteiger partial charge in [0.25, 0.3) is 0 Å². The number of hydrogen-bond acceptors (Lipinski definition) is 4. The molecule has 0 amide bonds. The van der Waals surface area contributed by atoms with Crippen molar-refractivity contribution in [3.05, 3.63) is 79.0 Å². The van der Waals surface area contributed by atoms with Crippen LogP contribution in [-0.2, 0) is 9.84 Å². The fourth-order valence-electron chi connectivity index (χ4n) is 4.74. The van der Waals surface area contributed by atoms with Gasteiger partial charge in [0.2, 0.25) is 0 Å². The van der Waals surface area contributed by atoms with Crippen molar-refractivity contribution in [3.63, 3.8) is 0 Å². The number of sulfone groups is 1. The maximum absolute atomic E-state index is 14.3. The Morgan fingerprint density at radius 2 is 1.50 bits per heavy atom. The molecule has 1 fully saturated rings. The van der Waals surface area contributed by atoms with Crippen LogP contribution in [0.2, 0.25) is 0 Å². The van der Waals surface area contributed by atoms with Crippen LogP contribution < -0.4 is 5.32 Å². The average Bonchev–Trinajstić information content (AvgIpc) is 3.33. The molecule has 204 valence electrons. The van der Waals surface area contributed by atoms with Crippen LogP contribution in [0.4, 0.5) is 29.5 Å². The molecule has 2 heterocycles. The third kappa shape index (κ3) is 5.35. The van der Waals surface area contributed by atoms with E-state index in [-0.39, 0.29) is 22.3 Å². The van der Waals surface area contributed by atoms with Crippen LogP contribution in [-0.4, -0.2) is 29.1 Å². The zero-order valence-electron chi connectivity index (χ0n) is 19.7. The summed E-state index contributed by atoms with van der Waals surface area (Å²) in [5.41, 5.74) is 1.65. The van der Waals surface area contributed by atoms with Crippen molar-refractivity contribution in [2.45, 2.75) is 46.8 Å². The van der Waals surface area contributed by atoms with Gasteiger partial charge < -0.3 is 9.72 Å². The van der Waals surface area contributed by atoms with Crippen LogP contribution in [0.3, 0.4) is 0 Å². The van der Waals surface area contributed by atoms with Gasteiger partial charge in [-0.15, -0.1) is 0 Å². The maximum atomic E-state index is 14.3. The van der Waals surface area contributed by atoms with Crippen LogP contribution in [0.5, 0.6) is 0 Å². The lowest BCUT2D eigenvalue weighted by molar-refractivity contribution is 0.364. The Morgan fingerprint density at radius 3 is 2.11 bits per heavy atom. The molecule has 1 aliphatic rings. The van der Waals surface area contributed by atoms with Crippen molar-refractivity contribution in [1.82, 2.24) is 9.38 Å². The topological polar surface area (TPSA) is 63.5 Å². The molecule has 0 aliphatic heterocycles. The van der Waals surface area contributed by atoms with Gasteiger partial charge in [-0.2, -0.15) is 0 Å². The minimum atomic E-state index is -9.73. The number of anilines is 1. The Morgan fingerprint density at radius 1 is 0.868 bits per heavy atom. The van der Waals surface area contributed by atoms with Crippen molar-refractivity contribution < 1.29 is 32.2 Å². The highest BCUT2D eigenvalue weighted by atomic mass is 32.5. The molecule has 4 aromatic rings. The van der Waals surface area contributed by atoms with Crippen molar-refractivity contribution in [1.29, 1.82) is 0 Å². The molecule has 0 bridgehead atoms. The van der Waals surface area contributed by atoms with E-state index in [1.807, 2.05) is 0 Å². The molecule has 0 saturated heterocycles. The third-order valence-electron chi connectivity index (χ3n) is 6.74. The minimum Gasteiger partial charge on any atom is -0.382 e. The summed E-state index contributed by atoms with van der Waals surface area (Å²) in [5, 5.41) is 2.37. The predicted octanol–water partition coefficient (Wildman–Crippen LogP) is 7.99. The summed E-state index contributed by atoms with van der Waals surface area (Å²) in [4.78, 5) is 2.13. The number of nitrogens with zero attached hydrogens (tertiary/aromatic N) is 2. The number of pyridine rings is 1. The van der Waals surface area contributed by atoms with E-state index in [2.05, 4.69) is 10.3 Å². The molecule has 38 heavy (non-hydrogen) atoms. The Balaban J connectivity index is 1.23. The van der Waals surface area contributed by atoms with Gasteiger partial charge in [-0.3, -0.25) is 0 Å². The quantitative estimate of drug-likeness (QED) is 0.237. The van der Waals surface area contributed by atoms with Crippen molar-refractivity contribution in [3.8, 4) is 11.1 Å². The van der Waals surface area contributed by atoms with Crippen LogP contribution in [0.1, 0.15) is 25.7 Å². The Labute approximate surface area is 215 Å². The molecular weight excluding hydrogens is 552 g/mol. The third-order valence-corrected chi connectivity index (χ3v) is 10.2. The first-order chi connectivity index (χ1) is 17.6. The zero-order valence-corrected chi connectivity index (χ0v) is 21.3. The van der Waals surface area contributed by atoms with E-state index in [9.17, 15) is 32.2 Å². The van der Waals surface area contributed by atoms with Crippen molar-refractivity contribution in [2.75, 3.05) is 5.32 Å². The summed E-state index contributed by atoms with van der Waals surface area (Å²) in [6, 6.07) is 9.96. The van der Waals surface area contributed by atoms with Crippen LogP contribution in [0, 0.1) is 5.82 Å². The lowest BCUT2D eigenvalue weighted by Crippen LogP contribution is -2.32. The standard InChI is InChI=1S/C25H23F6N3O2S2/c26-24-15-18(16-34-14-13-32-25(24)34)17-1-7-21(8-2-17)37(35,36)22-9-3-19(4-10-22)33-20-5-11-23(12-6-20)38(27,28,29,30)31/h1-2,5-8,11-16,19,22,33H,3-4,9-10H2. The maximum Gasteiger partial charge on any atom is 0.310 e. The van der Waals surface area contributed by atoms with E-state index >= 15 is 0 Å².